The number of aliphatic hydroxyl groups excluding tert-OH is 1. The highest BCUT2D eigenvalue weighted by molar-refractivity contribution is 7.89. The highest BCUT2D eigenvalue weighted by Gasteiger charge is 2.16. The highest BCUT2D eigenvalue weighted by atomic mass is 32.2. The minimum Gasteiger partial charge on any atom is -0.388 e. The first kappa shape index (κ1) is 19.3. The minimum atomic E-state index is -3.78. The number of hydrogen-bond donors (Lipinski definition) is 2. The van der Waals surface area contributed by atoms with Crippen LogP contribution in [0.4, 0.5) is 0 Å². The van der Waals surface area contributed by atoms with Crippen molar-refractivity contribution in [1.29, 1.82) is 0 Å². The fourth-order valence-corrected chi connectivity index (χ4v) is 3.82. The van der Waals surface area contributed by atoms with Gasteiger partial charge in [-0.1, -0.05) is 12.1 Å². The van der Waals surface area contributed by atoms with E-state index in [1.165, 1.54) is 12.1 Å². The predicted molar refractivity (Wildman–Crippen MR) is 110 cm³/mol. The number of primary sulfonamides is 1. The standard InChI is InChI=1S/C20H21N5O3S/c1-13(2)24-10-9-14-3-4-15(11-18(14)24)20-22-19(12-26)23-25(20)16-5-7-17(8-6-16)29(21,27)28/h3-11,13,26H,12H2,1-2H3,(H2,21,27,28). The number of aliphatic hydroxyl groups is 1. The number of rotatable bonds is 5. The number of benzene rings is 2. The van der Waals surface area contributed by atoms with E-state index in [1.54, 1.807) is 16.8 Å². The summed E-state index contributed by atoms with van der Waals surface area (Å²) in [6.45, 7) is 3.93. The Hall–Kier alpha value is -3.01. The second-order valence-corrected chi connectivity index (χ2v) is 8.61. The van der Waals surface area contributed by atoms with Crippen LogP contribution in [0.1, 0.15) is 25.7 Å². The summed E-state index contributed by atoms with van der Waals surface area (Å²) in [5.74, 6) is 0.825. The normalized spacial score (nSPS) is 12.2. The molecule has 2 heterocycles. The van der Waals surface area contributed by atoms with E-state index < -0.39 is 10.0 Å². The Bertz CT molecular complexity index is 1290. The zero-order valence-corrected chi connectivity index (χ0v) is 16.8. The molecule has 0 aliphatic rings. The van der Waals surface area contributed by atoms with E-state index in [0.717, 1.165) is 16.5 Å². The van der Waals surface area contributed by atoms with Gasteiger partial charge in [-0.25, -0.2) is 23.2 Å². The molecule has 0 saturated carbocycles. The van der Waals surface area contributed by atoms with Gasteiger partial charge in [0.25, 0.3) is 0 Å². The lowest BCUT2D eigenvalue weighted by molar-refractivity contribution is 0.271. The quantitative estimate of drug-likeness (QED) is 0.524. The van der Waals surface area contributed by atoms with Gasteiger partial charge >= 0.3 is 0 Å². The number of nitrogens with zero attached hydrogens (tertiary/aromatic N) is 4. The van der Waals surface area contributed by atoms with Gasteiger partial charge in [-0.15, -0.1) is 5.10 Å². The highest BCUT2D eigenvalue weighted by Crippen LogP contribution is 2.28. The van der Waals surface area contributed by atoms with E-state index in [9.17, 15) is 13.5 Å². The molecule has 3 N–H and O–H groups in total. The fourth-order valence-electron chi connectivity index (χ4n) is 3.30. The van der Waals surface area contributed by atoms with Crippen molar-refractivity contribution in [3.8, 4) is 17.1 Å². The third-order valence-electron chi connectivity index (χ3n) is 4.74. The van der Waals surface area contributed by atoms with Crippen molar-refractivity contribution < 1.29 is 13.5 Å². The molecular formula is C20H21N5O3S. The molecule has 0 aliphatic carbocycles. The molecule has 0 radical (unpaired) electrons. The van der Waals surface area contributed by atoms with Gasteiger partial charge in [-0.05, 0) is 55.6 Å². The molecule has 8 nitrogen and oxygen atoms in total. The van der Waals surface area contributed by atoms with Gasteiger partial charge in [0, 0.05) is 23.3 Å². The SMILES string of the molecule is CC(C)n1ccc2ccc(-c3nc(CO)nn3-c3ccc(S(N)(=O)=O)cc3)cc21. The van der Waals surface area contributed by atoms with E-state index in [-0.39, 0.29) is 17.3 Å². The van der Waals surface area contributed by atoms with Crippen molar-refractivity contribution >= 4 is 20.9 Å². The van der Waals surface area contributed by atoms with Crippen LogP contribution in [0.3, 0.4) is 0 Å². The zero-order valence-electron chi connectivity index (χ0n) is 16.0. The van der Waals surface area contributed by atoms with Gasteiger partial charge in [-0.2, -0.15) is 0 Å². The molecule has 4 aromatic rings. The maximum Gasteiger partial charge on any atom is 0.238 e. The first-order valence-corrected chi connectivity index (χ1v) is 10.6. The van der Waals surface area contributed by atoms with Crippen LogP contribution in [0.25, 0.3) is 28.0 Å². The average molecular weight is 411 g/mol. The smallest absolute Gasteiger partial charge is 0.238 e. The van der Waals surface area contributed by atoms with Crippen LogP contribution in [0.2, 0.25) is 0 Å². The van der Waals surface area contributed by atoms with E-state index in [2.05, 4.69) is 40.8 Å². The second kappa shape index (κ2) is 7.11. The number of nitrogens with two attached hydrogens (primary N) is 1. The van der Waals surface area contributed by atoms with Gasteiger partial charge in [-0.3, -0.25) is 0 Å². The molecule has 2 aromatic heterocycles. The van der Waals surface area contributed by atoms with Crippen LogP contribution in [0, 0.1) is 0 Å². The van der Waals surface area contributed by atoms with Crippen molar-refractivity contribution in [3.05, 3.63) is 60.6 Å². The van der Waals surface area contributed by atoms with E-state index >= 15 is 0 Å². The van der Waals surface area contributed by atoms with Crippen molar-refractivity contribution in [2.45, 2.75) is 31.4 Å². The fraction of sp³-hybridized carbons (Fsp3) is 0.200. The van der Waals surface area contributed by atoms with Crippen molar-refractivity contribution in [2.75, 3.05) is 0 Å². The third-order valence-corrected chi connectivity index (χ3v) is 5.67. The third kappa shape index (κ3) is 3.55. The zero-order chi connectivity index (χ0) is 20.8. The number of fused-ring (bicyclic) bond motifs is 1. The lowest BCUT2D eigenvalue weighted by Crippen LogP contribution is -2.12. The number of hydrogen-bond acceptors (Lipinski definition) is 5. The van der Waals surface area contributed by atoms with Gasteiger partial charge in [0.2, 0.25) is 10.0 Å². The monoisotopic (exact) mass is 411 g/mol. The molecule has 0 amide bonds. The summed E-state index contributed by atoms with van der Waals surface area (Å²) in [7, 11) is -3.78. The summed E-state index contributed by atoms with van der Waals surface area (Å²) in [5, 5.41) is 20.2. The second-order valence-electron chi connectivity index (χ2n) is 7.05. The molecule has 4 rings (SSSR count). The van der Waals surface area contributed by atoms with Gasteiger partial charge in [0.05, 0.1) is 10.6 Å². The summed E-state index contributed by atoms with van der Waals surface area (Å²) in [6.07, 6.45) is 2.05. The Morgan fingerprint density at radius 2 is 1.83 bits per heavy atom. The van der Waals surface area contributed by atoms with Crippen LogP contribution in [0.5, 0.6) is 0 Å². The summed E-state index contributed by atoms with van der Waals surface area (Å²) >= 11 is 0. The molecule has 29 heavy (non-hydrogen) atoms. The molecule has 0 atom stereocenters. The molecule has 0 unspecified atom stereocenters. The van der Waals surface area contributed by atoms with Crippen LogP contribution in [0.15, 0.2) is 59.6 Å². The van der Waals surface area contributed by atoms with Crippen LogP contribution in [-0.4, -0.2) is 32.9 Å². The van der Waals surface area contributed by atoms with Gasteiger partial charge < -0.3 is 9.67 Å². The van der Waals surface area contributed by atoms with Gasteiger partial charge in [0.1, 0.15) is 6.61 Å². The molecule has 150 valence electrons. The first-order chi connectivity index (χ1) is 13.8. The average Bonchev–Trinajstić information content (AvgIpc) is 3.31. The number of sulfonamides is 1. The predicted octanol–water partition coefficient (Wildman–Crippen LogP) is 2.61. The van der Waals surface area contributed by atoms with Crippen LogP contribution < -0.4 is 5.14 Å². The molecule has 0 aliphatic heterocycles. The van der Waals surface area contributed by atoms with E-state index in [1.807, 2.05) is 18.2 Å². The van der Waals surface area contributed by atoms with Crippen molar-refractivity contribution in [3.63, 3.8) is 0 Å². The van der Waals surface area contributed by atoms with Crippen LogP contribution in [-0.2, 0) is 16.6 Å². The Labute approximate surface area is 168 Å². The molecule has 0 fully saturated rings. The molecular weight excluding hydrogens is 390 g/mol. The summed E-state index contributed by atoms with van der Waals surface area (Å²) < 4.78 is 26.8. The van der Waals surface area contributed by atoms with Crippen molar-refractivity contribution in [2.24, 2.45) is 5.14 Å². The largest absolute Gasteiger partial charge is 0.388 e. The van der Waals surface area contributed by atoms with E-state index in [0.29, 0.717) is 17.6 Å². The lowest BCUT2D eigenvalue weighted by Gasteiger charge is -2.11. The summed E-state index contributed by atoms with van der Waals surface area (Å²) in [4.78, 5) is 4.48. The lowest BCUT2D eigenvalue weighted by atomic mass is 10.1. The molecule has 2 aromatic carbocycles. The maximum absolute atomic E-state index is 11.5. The first-order valence-electron chi connectivity index (χ1n) is 9.09. The Kier molecular flexibility index (Phi) is 4.73. The Morgan fingerprint density at radius 3 is 2.45 bits per heavy atom. The molecule has 0 spiro atoms. The maximum atomic E-state index is 11.5. The Morgan fingerprint density at radius 1 is 1.10 bits per heavy atom. The van der Waals surface area contributed by atoms with Gasteiger partial charge in [0.15, 0.2) is 11.6 Å². The van der Waals surface area contributed by atoms with E-state index in [4.69, 9.17) is 5.14 Å². The summed E-state index contributed by atoms with van der Waals surface area (Å²) in [5.41, 5.74) is 2.52. The molecule has 0 bridgehead atoms. The van der Waals surface area contributed by atoms with Crippen molar-refractivity contribution in [1.82, 2.24) is 19.3 Å². The van der Waals surface area contributed by atoms with Crippen LogP contribution >= 0.6 is 0 Å². The summed E-state index contributed by atoms with van der Waals surface area (Å²) in [6, 6.07) is 14.4. The Balaban J connectivity index is 1.86. The molecule has 0 saturated heterocycles. The minimum absolute atomic E-state index is 0.0153. The number of aromatic nitrogens is 4. The topological polar surface area (TPSA) is 116 Å². The molecule has 9 heteroatoms.